The molecule has 0 saturated carbocycles. The average Bonchev–Trinajstić information content (AvgIpc) is 2.79. The van der Waals surface area contributed by atoms with E-state index in [0.29, 0.717) is 11.8 Å². The average molecular weight is 238 g/mol. The maximum Gasteiger partial charge on any atom is 0.240 e. The Labute approximate surface area is 102 Å². The molecule has 1 aromatic rings. The Morgan fingerprint density at radius 1 is 1.41 bits per heavy atom. The molecule has 0 bridgehead atoms. The molecule has 1 aromatic heterocycles. The van der Waals surface area contributed by atoms with Crippen molar-refractivity contribution < 1.29 is 4.52 Å². The summed E-state index contributed by atoms with van der Waals surface area (Å²) in [5.74, 6) is 2.56. The van der Waals surface area contributed by atoms with Gasteiger partial charge in [-0.1, -0.05) is 19.0 Å². The Morgan fingerprint density at radius 3 is 2.65 bits per heavy atom. The van der Waals surface area contributed by atoms with Gasteiger partial charge < -0.3 is 10.3 Å². The van der Waals surface area contributed by atoms with Gasteiger partial charge in [0.25, 0.3) is 0 Å². The minimum absolute atomic E-state index is 0.329. The summed E-state index contributed by atoms with van der Waals surface area (Å²) < 4.78 is 5.25. The molecule has 0 amide bonds. The van der Waals surface area contributed by atoms with Gasteiger partial charge in [-0.25, -0.2) is 0 Å². The third-order valence-corrected chi connectivity index (χ3v) is 3.40. The predicted octanol–water partition coefficient (Wildman–Crippen LogP) is 1.36. The van der Waals surface area contributed by atoms with Crippen molar-refractivity contribution in [2.45, 2.75) is 39.2 Å². The zero-order valence-corrected chi connectivity index (χ0v) is 10.7. The van der Waals surface area contributed by atoms with E-state index in [1.807, 2.05) is 0 Å². The molecule has 17 heavy (non-hydrogen) atoms. The molecule has 5 nitrogen and oxygen atoms in total. The van der Waals surface area contributed by atoms with E-state index in [1.165, 1.54) is 12.8 Å². The Bertz CT molecular complexity index is 342. The van der Waals surface area contributed by atoms with Gasteiger partial charge >= 0.3 is 0 Å². The molecule has 96 valence electrons. The van der Waals surface area contributed by atoms with Gasteiger partial charge in [0.1, 0.15) is 0 Å². The van der Waals surface area contributed by atoms with Crippen LogP contribution in [0, 0.1) is 5.92 Å². The van der Waals surface area contributed by atoms with E-state index in [0.717, 1.165) is 37.9 Å². The van der Waals surface area contributed by atoms with Gasteiger partial charge in [-0.3, -0.25) is 4.90 Å². The first-order valence-electron chi connectivity index (χ1n) is 6.44. The van der Waals surface area contributed by atoms with Crippen LogP contribution in [0.2, 0.25) is 0 Å². The Balaban J connectivity index is 1.84. The van der Waals surface area contributed by atoms with Crippen molar-refractivity contribution >= 4 is 0 Å². The molecule has 0 aliphatic carbocycles. The number of piperidine rings is 1. The SMILES string of the molecule is CC(C)c1noc(CN2CCC(CN)CC2)n1. The highest BCUT2D eigenvalue weighted by Gasteiger charge is 2.20. The molecule has 0 atom stereocenters. The molecule has 5 heteroatoms. The lowest BCUT2D eigenvalue weighted by atomic mass is 9.97. The molecule has 0 aromatic carbocycles. The quantitative estimate of drug-likeness (QED) is 0.858. The lowest BCUT2D eigenvalue weighted by molar-refractivity contribution is 0.161. The van der Waals surface area contributed by atoms with Crippen molar-refractivity contribution in [3.05, 3.63) is 11.7 Å². The zero-order valence-electron chi connectivity index (χ0n) is 10.7. The lowest BCUT2D eigenvalue weighted by Crippen LogP contribution is -2.35. The van der Waals surface area contributed by atoms with Gasteiger partial charge in [-0.05, 0) is 38.4 Å². The molecule has 0 radical (unpaired) electrons. The first-order valence-corrected chi connectivity index (χ1v) is 6.44. The topological polar surface area (TPSA) is 68.2 Å². The molecule has 2 heterocycles. The van der Waals surface area contributed by atoms with Crippen LogP contribution in [-0.2, 0) is 6.54 Å². The zero-order chi connectivity index (χ0) is 12.3. The molecule has 2 N–H and O–H groups in total. The van der Waals surface area contributed by atoms with Crippen LogP contribution in [-0.4, -0.2) is 34.7 Å². The first kappa shape index (κ1) is 12.5. The van der Waals surface area contributed by atoms with E-state index in [9.17, 15) is 0 Å². The Kier molecular flexibility index (Phi) is 4.12. The summed E-state index contributed by atoms with van der Waals surface area (Å²) >= 11 is 0. The van der Waals surface area contributed by atoms with Gasteiger partial charge in [-0.15, -0.1) is 0 Å². The molecular formula is C12H22N4O. The van der Waals surface area contributed by atoms with Crippen molar-refractivity contribution in [3.63, 3.8) is 0 Å². The van der Waals surface area contributed by atoms with Crippen LogP contribution in [0.25, 0.3) is 0 Å². The summed E-state index contributed by atoms with van der Waals surface area (Å²) in [6.45, 7) is 7.90. The fourth-order valence-corrected chi connectivity index (χ4v) is 2.14. The highest BCUT2D eigenvalue weighted by Crippen LogP contribution is 2.18. The van der Waals surface area contributed by atoms with Gasteiger partial charge in [-0.2, -0.15) is 4.98 Å². The number of aromatic nitrogens is 2. The number of nitrogens with two attached hydrogens (primary N) is 1. The first-order chi connectivity index (χ1) is 8.19. The molecule has 1 fully saturated rings. The molecule has 1 saturated heterocycles. The second-order valence-electron chi connectivity index (χ2n) is 5.16. The van der Waals surface area contributed by atoms with Crippen LogP contribution in [0.4, 0.5) is 0 Å². The third kappa shape index (κ3) is 3.26. The van der Waals surface area contributed by atoms with Crippen LogP contribution in [0.1, 0.15) is 44.3 Å². The number of hydrogen-bond donors (Lipinski definition) is 1. The molecule has 1 aliphatic rings. The maximum atomic E-state index is 5.68. The second kappa shape index (κ2) is 5.60. The highest BCUT2D eigenvalue weighted by molar-refractivity contribution is 4.92. The molecule has 2 rings (SSSR count). The molecule has 0 spiro atoms. The molecular weight excluding hydrogens is 216 g/mol. The lowest BCUT2D eigenvalue weighted by Gasteiger charge is -2.30. The summed E-state index contributed by atoms with van der Waals surface area (Å²) in [6, 6.07) is 0. The van der Waals surface area contributed by atoms with E-state index < -0.39 is 0 Å². The minimum atomic E-state index is 0.329. The number of hydrogen-bond acceptors (Lipinski definition) is 5. The van der Waals surface area contributed by atoms with Gasteiger partial charge in [0.2, 0.25) is 5.89 Å². The number of nitrogens with zero attached hydrogens (tertiary/aromatic N) is 3. The maximum absolute atomic E-state index is 5.68. The number of likely N-dealkylation sites (tertiary alicyclic amines) is 1. The largest absolute Gasteiger partial charge is 0.338 e. The normalized spacial score (nSPS) is 19.1. The third-order valence-electron chi connectivity index (χ3n) is 3.40. The van der Waals surface area contributed by atoms with E-state index >= 15 is 0 Å². The summed E-state index contributed by atoms with van der Waals surface area (Å²) in [5, 5.41) is 3.98. The molecule has 1 aliphatic heterocycles. The van der Waals surface area contributed by atoms with Crippen molar-refractivity contribution in [2.75, 3.05) is 19.6 Å². The summed E-state index contributed by atoms with van der Waals surface area (Å²) in [5.41, 5.74) is 5.68. The standard InChI is InChI=1S/C12H22N4O/c1-9(2)12-14-11(17-15-12)8-16-5-3-10(7-13)4-6-16/h9-10H,3-8,13H2,1-2H3. The van der Waals surface area contributed by atoms with Crippen LogP contribution in [0.5, 0.6) is 0 Å². The van der Waals surface area contributed by atoms with E-state index in [2.05, 4.69) is 28.9 Å². The Hall–Kier alpha value is -0.940. The van der Waals surface area contributed by atoms with E-state index in [-0.39, 0.29) is 0 Å². The Morgan fingerprint density at radius 2 is 2.12 bits per heavy atom. The van der Waals surface area contributed by atoms with Crippen molar-refractivity contribution in [2.24, 2.45) is 11.7 Å². The van der Waals surface area contributed by atoms with Gasteiger partial charge in [0.05, 0.1) is 6.54 Å². The van der Waals surface area contributed by atoms with Crippen molar-refractivity contribution in [3.8, 4) is 0 Å². The number of rotatable bonds is 4. The highest BCUT2D eigenvalue weighted by atomic mass is 16.5. The fourth-order valence-electron chi connectivity index (χ4n) is 2.14. The van der Waals surface area contributed by atoms with Crippen molar-refractivity contribution in [1.82, 2.24) is 15.0 Å². The van der Waals surface area contributed by atoms with Crippen LogP contribution >= 0.6 is 0 Å². The van der Waals surface area contributed by atoms with Gasteiger partial charge in [0.15, 0.2) is 5.82 Å². The summed E-state index contributed by atoms with van der Waals surface area (Å²) in [6.07, 6.45) is 2.36. The monoisotopic (exact) mass is 238 g/mol. The summed E-state index contributed by atoms with van der Waals surface area (Å²) in [4.78, 5) is 6.76. The second-order valence-corrected chi connectivity index (χ2v) is 5.16. The fraction of sp³-hybridized carbons (Fsp3) is 0.833. The van der Waals surface area contributed by atoms with E-state index in [1.54, 1.807) is 0 Å². The van der Waals surface area contributed by atoms with Gasteiger partial charge in [0, 0.05) is 5.92 Å². The van der Waals surface area contributed by atoms with Crippen LogP contribution in [0.15, 0.2) is 4.52 Å². The van der Waals surface area contributed by atoms with Crippen molar-refractivity contribution in [1.29, 1.82) is 0 Å². The predicted molar refractivity (Wildman–Crippen MR) is 65.4 cm³/mol. The van der Waals surface area contributed by atoms with E-state index in [4.69, 9.17) is 10.3 Å². The minimum Gasteiger partial charge on any atom is -0.338 e. The summed E-state index contributed by atoms with van der Waals surface area (Å²) in [7, 11) is 0. The smallest absolute Gasteiger partial charge is 0.240 e. The van der Waals surface area contributed by atoms with Crippen LogP contribution < -0.4 is 5.73 Å². The van der Waals surface area contributed by atoms with Crippen LogP contribution in [0.3, 0.4) is 0 Å². The molecule has 0 unspecified atom stereocenters.